The third kappa shape index (κ3) is 4.89. The summed E-state index contributed by atoms with van der Waals surface area (Å²) in [6.07, 6.45) is 3.08. The minimum atomic E-state index is 0.234. The highest BCUT2D eigenvalue weighted by Gasteiger charge is 2.13. The maximum Gasteiger partial charge on any atom is 0.0948 e. The number of ether oxygens (including phenoxy) is 1. The second kappa shape index (κ2) is 8.24. The number of aromatic nitrogens is 1. The van der Waals surface area contributed by atoms with E-state index in [0.717, 1.165) is 35.5 Å². The number of nitrogens with zero attached hydrogens (tertiary/aromatic N) is 1. The largest absolute Gasteiger partial charge is 0.382 e. The molecule has 0 saturated carbocycles. The second-order valence-corrected chi connectivity index (χ2v) is 6.13. The molecule has 0 spiro atoms. The fraction of sp³-hybridized carbons (Fsp3) is 0.438. The van der Waals surface area contributed by atoms with Crippen molar-refractivity contribution in [3.8, 4) is 11.3 Å². The molecule has 1 aromatic heterocycles. The fourth-order valence-corrected chi connectivity index (χ4v) is 3.04. The predicted molar refractivity (Wildman–Crippen MR) is 88.1 cm³/mol. The molecule has 1 heterocycles. The van der Waals surface area contributed by atoms with Crippen LogP contribution in [0.15, 0.2) is 35.7 Å². The van der Waals surface area contributed by atoms with Crippen molar-refractivity contribution in [1.29, 1.82) is 0 Å². The molecule has 5 heteroatoms. The molecule has 1 aromatic carbocycles. The molecule has 114 valence electrons. The molecule has 4 nitrogen and oxygen atoms in total. The fourth-order valence-electron chi connectivity index (χ4n) is 2.15. The molecule has 0 amide bonds. The topological polar surface area (TPSA) is 60.2 Å². The Hall–Kier alpha value is -1.27. The molecule has 2 unspecified atom stereocenters. The molecule has 0 aliphatic carbocycles. The van der Waals surface area contributed by atoms with Gasteiger partial charge in [0.2, 0.25) is 0 Å². The summed E-state index contributed by atoms with van der Waals surface area (Å²) in [4.78, 5) is 4.71. The van der Waals surface area contributed by atoms with E-state index in [2.05, 4.69) is 29.9 Å². The van der Waals surface area contributed by atoms with Gasteiger partial charge in [0.05, 0.1) is 16.8 Å². The van der Waals surface area contributed by atoms with Crippen molar-refractivity contribution in [3.05, 3.63) is 40.7 Å². The van der Waals surface area contributed by atoms with Gasteiger partial charge in [-0.25, -0.2) is 4.98 Å². The molecular weight excluding hydrogens is 282 g/mol. The molecule has 2 rings (SSSR count). The van der Waals surface area contributed by atoms with Crippen LogP contribution >= 0.6 is 11.3 Å². The van der Waals surface area contributed by atoms with Crippen LogP contribution in [0.25, 0.3) is 11.3 Å². The lowest BCUT2D eigenvalue weighted by atomic mass is 10.1. The lowest BCUT2D eigenvalue weighted by Crippen LogP contribution is -2.37. The molecule has 0 fully saturated rings. The van der Waals surface area contributed by atoms with Gasteiger partial charge in [0.15, 0.2) is 0 Å². The van der Waals surface area contributed by atoms with Gasteiger partial charge in [-0.3, -0.25) is 11.3 Å². The van der Waals surface area contributed by atoms with Crippen LogP contribution in [0.1, 0.15) is 24.8 Å². The van der Waals surface area contributed by atoms with Crippen molar-refractivity contribution >= 4 is 11.3 Å². The first-order valence-electron chi connectivity index (χ1n) is 7.21. The van der Waals surface area contributed by atoms with Crippen molar-refractivity contribution in [3.63, 3.8) is 0 Å². The number of hydrogen-bond acceptors (Lipinski definition) is 5. The van der Waals surface area contributed by atoms with Crippen LogP contribution in [0, 0.1) is 0 Å². The Morgan fingerprint density at radius 1 is 1.29 bits per heavy atom. The van der Waals surface area contributed by atoms with Gasteiger partial charge in [-0.2, -0.15) is 0 Å². The van der Waals surface area contributed by atoms with E-state index in [0.29, 0.717) is 0 Å². The van der Waals surface area contributed by atoms with E-state index in [1.165, 1.54) is 0 Å². The summed E-state index contributed by atoms with van der Waals surface area (Å²) in [5.74, 6) is 5.65. The van der Waals surface area contributed by atoms with E-state index in [-0.39, 0.29) is 12.1 Å². The smallest absolute Gasteiger partial charge is 0.0948 e. The molecule has 0 bridgehead atoms. The summed E-state index contributed by atoms with van der Waals surface area (Å²) in [6, 6.07) is 10.5. The van der Waals surface area contributed by atoms with Crippen molar-refractivity contribution < 1.29 is 4.74 Å². The summed E-state index contributed by atoms with van der Waals surface area (Å²) in [6.45, 7) is 2.07. The van der Waals surface area contributed by atoms with Crippen LogP contribution in [0.2, 0.25) is 0 Å². The van der Waals surface area contributed by atoms with E-state index in [9.17, 15) is 0 Å². The number of nitrogens with two attached hydrogens (primary N) is 1. The van der Waals surface area contributed by atoms with Crippen LogP contribution in [-0.2, 0) is 11.2 Å². The first kappa shape index (κ1) is 16.1. The van der Waals surface area contributed by atoms with E-state index in [1.807, 2.05) is 18.2 Å². The van der Waals surface area contributed by atoms with Gasteiger partial charge in [0.25, 0.3) is 0 Å². The van der Waals surface area contributed by atoms with Crippen LogP contribution in [-0.4, -0.2) is 24.2 Å². The van der Waals surface area contributed by atoms with Gasteiger partial charge < -0.3 is 4.74 Å². The summed E-state index contributed by atoms with van der Waals surface area (Å²) < 4.78 is 5.28. The van der Waals surface area contributed by atoms with Crippen LogP contribution in [0.3, 0.4) is 0 Å². The third-order valence-corrected chi connectivity index (χ3v) is 4.47. The van der Waals surface area contributed by atoms with Gasteiger partial charge in [0, 0.05) is 30.5 Å². The van der Waals surface area contributed by atoms with Gasteiger partial charge in [-0.15, -0.1) is 11.3 Å². The maximum absolute atomic E-state index is 5.65. The Morgan fingerprint density at radius 3 is 2.71 bits per heavy atom. The average molecular weight is 305 g/mol. The molecular formula is C16H23N3OS. The van der Waals surface area contributed by atoms with E-state index in [4.69, 9.17) is 15.6 Å². The van der Waals surface area contributed by atoms with Gasteiger partial charge in [0.1, 0.15) is 0 Å². The van der Waals surface area contributed by atoms with Crippen molar-refractivity contribution in [2.24, 2.45) is 5.84 Å². The zero-order valence-corrected chi connectivity index (χ0v) is 13.4. The number of methoxy groups -OCH3 is 1. The Balaban J connectivity index is 1.94. The molecule has 0 saturated heterocycles. The normalized spacial score (nSPS) is 14.0. The lowest BCUT2D eigenvalue weighted by Gasteiger charge is -2.16. The van der Waals surface area contributed by atoms with Crippen LogP contribution in [0.5, 0.6) is 0 Å². The molecule has 3 N–H and O–H groups in total. The molecule has 0 aliphatic rings. The van der Waals surface area contributed by atoms with E-state index >= 15 is 0 Å². The number of benzene rings is 1. The lowest BCUT2D eigenvalue weighted by molar-refractivity contribution is 0.106. The third-order valence-electron chi connectivity index (χ3n) is 3.60. The van der Waals surface area contributed by atoms with Crippen molar-refractivity contribution in [2.45, 2.75) is 38.3 Å². The van der Waals surface area contributed by atoms with Crippen molar-refractivity contribution in [1.82, 2.24) is 10.4 Å². The van der Waals surface area contributed by atoms with E-state index < -0.39 is 0 Å². The highest BCUT2D eigenvalue weighted by molar-refractivity contribution is 7.09. The first-order valence-corrected chi connectivity index (χ1v) is 8.09. The zero-order chi connectivity index (χ0) is 15.1. The Kier molecular flexibility index (Phi) is 6.32. The standard InChI is InChI=1S/C16H23N3OS/c1-12(20-2)8-9-14(19-17)10-16-18-15(11-21-16)13-6-4-3-5-7-13/h3-7,11-12,14,19H,8-10,17H2,1-2H3. The molecule has 2 aromatic rings. The highest BCUT2D eigenvalue weighted by Crippen LogP contribution is 2.22. The Bertz CT molecular complexity index is 529. The number of hydrogen-bond donors (Lipinski definition) is 2. The summed E-state index contributed by atoms with van der Waals surface area (Å²) in [7, 11) is 1.74. The number of nitrogens with one attached hydrogen (secondary N) is 1. The van der Waals surface area contributed by atoms with Gasteiger partial charge >= 0.3 is 0 Å². The number of hydrazine groups is 1. The Morgan fingerprint density at radius 2 is 2.05 bits per heavy atom. The van der Waals surface area contributed by atoms with Crippen molar-refractivity contribution in [2.75, 3.05) is 7.11 Å². The zero-order valence-electron chi connectivity index (χ0n) is 12.6. The second-order valence-electron chi connectivity index (χ2n) is 5.18. The average Bonchev–Trinajstić information content (AvgIpc) is 3.00. The van der Waals surface area contributed by atoms with Gasteiger partial charge in [-0.1, -0.05) is 30.3 Å². The quantitative estimate of drug-likeness (QED) is 0.581. The van der Waals surface area contributed by atoms with E-state index in [1.54, 1.807) is 18.4 Å². The molecule has 2 atom stereocenters. The summed E-state index contributed by atoms with van der Waals surface area (Å²) in [5.41, 5.74) is 5.09. The highest BCUT2D eigenvalue weighted by atomic mass is 32.1. The number of thiazole rings is 1. The molecule has 0 aliphatic heterocycles. The number of rotatable bonds is 8. The monoisotopic (exact) mass is 305 g/mol. The van der Waals surface area contributed by atoms with Gasteiger partial charge in [-0.05, 0) is 19.8 Å². The minimum absolute atomic E-state index is 0.234. The maximum atomic E-state index is 5.65. The SMILES string of the molecule is COC(C)CCC(Cc1nc(-c2ccccc2)cs1)NN. The summed E-state index contributed by atoms with van der Waals surface area (Å²) in [5, 5.41) is 3.22. The Labute approximate surface area is 130 Å². The molecule has 21 heavy (non-hydrogen) atoms. The van der Waals surface area contributed by atoms with Crippen LogP contribution in [0.4, 0.5) is 0 Å². The predicted octanol–water partition coefficient (Wildman–Crippen LogP) is 3.00. The van der Waals surface area contributed by atoms with Crippen LogP contribution < -0.4 is 11.3 Å². The molecule has 0 radical (unpaired) electrons. The first-order chi connectivity index (χ1) is 10.2. The summed E-state index contributed by atoms with van der Waals surface area (Å²) >= 11 is 1.69. The minimum Gasteiger partial charge on any atom is -0.382 e.